The van der Waals surface area contributed by atoms with Crippen LogP contribution in [-0.4, -0.2) is 14.7 Å². The molecule has 1 amide bonds. The lowest BCUT2D eigenvalue weighted by atomic mass is 10.3. The molecule has 0 saturated heterocycles. The van der Waals surface area contributed by atoms with Crippen molar-refractivity contribution in [3.8, 4) is 0 Å². The number of carbonyl (C=O) groups excluding carboxylic acids is 1. The Hall–Kier alpha value is -1.20. The van der Waals surface area contributed by atoms with Gasteiger partial charge in [-0.2, -0.15) is 0 Å². The van der Waals surface area contributed by atoms with Crippen LogP contribution in [0.2, 0.25) is 0 Å². The number of amides is 1. The summed E-state index contributed by atoms with van der Waals surface area (Å²) < 4.78 is 19.2. The van der Waals surface area contributed by atoms with Crippen molar-refractivity contribution in [1.29, 1.82) is 0 Å². The van der Waals surface area contributed by atoms with Gasteiger partial charge in [-0.15, -0.1) is 0 Å². The van der Waals surface area contributed by atoms with Crippen LogP contribution >= 0.6 is 0 Å². The van der Waals surface area contributed by atoms with E-state index in [0.29, 0.717) is 10.6 Å². The van der Waals surface area contributed by atoms with Gasteiger partial charge < -0.3 is 9.87 Å². The highest BCUT2D eigenvalue weighted by atomic mass is 32.2. The third kappa shape index (κ3) is 20.8. The van der Waals surface area contributed by atoms with Gasteiger partial charge in [0.05, 0.1) is 4.90 Å². The van der Waals surface area contributed by atoms with Crippen LogP contribution in [-0.2, 0) is 15.9 Å². The van der Waals surface area contributed by atoms with E-state index in [9.17, 15) is 9.00 Å². The quantitative estimate of drug-likeness (QED) is 0.671. The van der Waals surface area contributed by atoms with E-state index in [1.807, 2.05) is 13.8 Å². The first-order chi connectivity index (χ1) is 10.9. The minimum atomic E-state index is -1.96. The summed E-state index contributed by atoms with van der Waals surface area (Å²) >= 11 is -1.96. The molecule has 1 unspecified atom stereocenters. The molecule has 0 fully saturated rings. The van der Waals surface area contributed by atoms with Crippen molar-refractivity contribution in [2.45, 2.75) is 79.0 Å². The zero-order chi connectivity index (χ0) is 18.7. The van der Waals surface area contributed by atoms with E-state index in [-0.39, 0.29) is 5.91 Å². The van der Waals surface area contributed by atoms with Crippen molar-refractivity contribution >= 4 is 22.7 Å². The van der Waals surface area contributed by atoms with Crippen LogP contribution in [0.25, 0.3) is 0 Å². The molecule has 1 aromatic carbocycles. The van der Waals surface area contributed by atoms with Crippen molar-refractivity contribution in [3.63, 3.8) is 0 Å². The number of unbranched alkanes of at least 4 members (excludes halogenated alkanes) is 2. The lowest BCUT2D eigenvalue weighted by molar-refractivity contribution is -0.114. The summed E-state index contributed by atoms with van der Waals surface area (Å²) in [6.07, 6.45) is 5.33. The first-order valence-corrected chi connectivity index (χ1v) is 9.51. The maximum Gasteiger partial charge on any atom is 0.221 e. The molecule has 0 bridgehead atoms. The Morgan fingerprint density at radius 3 is 1.65 bits per heavy atom. The Kier molecular flexibility index (Phi) is 24.1. The molecule has 5 heteroatoms. The van der Waals surface area contributed by atoms with Crippen molar-refractivity contribution in [2.75, 3.05) is 5.32 Å². The molecule has 0 aliphatic rings. The molecule has 23 heavy (non-hydrogen) atoms. The Labute approximate surface area is 145 Å². The lowest BCUT2D eigenvalue weighted by Crippen LogP contribution is -2.05. The van der Waals surface area contributed by atoms with Crippen LogP contribution in [0.5, 0.6) is 0 Å². The van der Waals surface area contributed by atoms with Crippen LogP contribution in [0.3, 0.4) is 0 Å². The summed E-state index contributed by atoms with van der Waals surface area (Å²) in [4.78, 5) is 10.9. The summed E-state index contributed by atoms with van der Waals surface area (Å²) in [5, 5.41) is 2.55. The molecule has 1 aromatic rings. The smallest absolute Gasteiger partial charge is 0.221 e. The average molecular weight is 346 g/mol. The summed E-state index contributed by atoms with van der Waals surface area (Å²) in [6.45, 7) is 14.1. The highest BCUT2D eigenvalue weighted by molar-refractivity contribution is 7.79. The minimum Gasteiger partial charge on any atom is -0.326 e. The van der Waals surface area contributed by atoms with Crippen LogP contribution in [0.4, 0.5) is 5.69 Å². The molecule has 0 radical (unpaired) electrons. The molecule has 1 atom stereocenters. The third-order valence-corrected chi connectivity index (χ3v) is 2.76. The van der Waals surface area contributed by atoms with E-state index < -0.39 is 11.1 Å². The average Bonchev–Trinajstić information content (AvgIpc) is 2.51. The molecule has 1 rings (SSSR count). The van der Waals surface area contributed by atoms with Gasteiger partial charge in [0, 0.05) is 12.6 Å². The van der Waals surface area contributed by atoms with Crippen LogP contribution in [0, 0.1) is 0 Å². The first kappa shape index (κ1) is 26.7. The molecule has 0 aliphatic carbocycles. The second kappa shape index (κ2) is 20.8. The summed E-state index contributed by atoms with van der Waals surface area (Å²) in [5.74, 6) is -0.169. The predicted molar refractivity (Wildman–Crippen MR) is 102 cm³/mol. The Morgan fingerprint density at radius 1 is 1.04 bits per heavy atom. The maximum absolute atomic E-state index is 10.6. The molecule has 0 aliphatic heterocycles. The van der Waals surface area contributed by atoms with Gasteiger partial charge in [0.15, 0.2) is 11.1 Å². The van der Waals surface area contributed by atoms with Gasteiger partial charge in [-0.05, 0) is 24.3 Å². The van der Waals surface area contributed by atoms with Crippen LogP contribution in [0.15, 0.2) is 29.2 Å². The maximum atomic E-state index is 10.6. The second-order valence-corrected chi connectivity index (χ2v) is 5.49. The van der Waals surface area contributed by atoms with E-state index >= 15 is 0 Å². The number of nitrogens with one attached hydrogen (secondary N) is 1. The molecular weight excluding hydrogens is 310 g/mol. The molecule has 4 nitrogen and oxygen atoms in total. The number of carbonyl (C=O) groups is 1. The fourth-order valence-electron chi connectivity index (χ4n) is 1.21. The van der Waals surface area contributed by atoms with Crippen molar-refractivity contribution < 1.29 is 13.6 Å². The number of benzene rings is 1. The van der Waals surface area contributed by atoms with Gasteiger partial charge in [-0.3, -0.25) is 4.79 Å². The molecule has 0 heterocycles. The van der Waals surface area contributed by atoms with Crippen molar-refractivity contribution in [1.82, 2.24) is 0 Å². The lowest BCUT2D eigenvalue weighted by Gasteiger charge is -2.01. The molecule has 136 valence electrons. The summed E-state index contributed by atoms with van der Waals surface area (Å²) in [6, 6.07) is 6.12. The van der Waals surface area contributed by atoms with E-state index in [4.69, 9.17) is 4.55 Å². The Balaban J connectivity index is -0.000000334. The molecular formula is C18H35NO3S. The largest absolute Gasteiger partial charge is 0.326 e. The molecule has 0 spiro atoms. The highest BCUT2D eigenvalue weighted by Gasteiger charge is 1.99. The second-order valence-electron chi connectivity index (χ2n) is 4.52. The number of hydrogen-bond acceptors (Lipinski definition) is 2. The SMILES string of the molecule is CC.CC(=O)Nc1ccc(S(=O)O)cc1.CCC.CCCCC. The zero-order valence-corrected chi connectivity index (χ0v) is 16.6. The van der Waals surface area contributed by atoms with Crippen molar-refractivity contribution in [2.24, 2.45) is 0 Å². The van der Waals surface area contributed by atoms with Gasteiger partial charge in [-0.25, -0.2) is 4.21 Å². The molecule has 0 aromatic heterocycles. The minimum absolute atomic E-state index is 0.169. The third-order valence-electron chi connectivity index (χ3n) is 2.08. The summed E-state index contributed by atoms with van der Waals surface area (Å²) in [7, 11) is 0. The molecule has 2 N–H and O–H groups in total. The standard InChI is InChI=1S/C8H9NO3S.C5H12.C3H8.C2H6/c1-6(10)9-7-2-4-8(5-3-7)13(11)12;1-3-5-4-2;1-3-2;1-2/h2-5H,1H3,(H,9,10)(H,11,12);3-5H2,1-2H3;3H2,1-2H3;1-2H3. The van der Waals surface area contributed by atoms with Crippen LogP contribution in [0.1, 0.15) is 74.1 Å². The first-order valence-electron chi connectivity index (χ1n) is 8.41. The van der Waals surface area contributed by atoms with Gasteiger partial charge in [-0.1, -0.05) is 67.2 Å². The van der Waals surface area contributed by atoms with Gasteiger partial charge >= 0.3 is 0 Å². The van der Waals surface area contributed by atoms with E-state index in [0.717, 1.165) is 0 Å². The fraction of sp³-hybridized carbons (Fsp3) is 0.611. The molecule has 0 saturated carbocycles. The van der Waals surface area contributed by atoms with E-state index in [1.54, 1.807) is 12.1 Å². The summed E-state index contributed by atoms with van der Waals surface area (Å²) in [5.41, 5.74) is 0.613. The fourth-order valence-corrected chi connectivity index (χ4v) is 1.58. The topological polar surface area (TPSA) is 66.4 Å². The van der Waals surface area contributed by atoms with E-state index in [2.05, 4.69) is 33.0 Å². The van der Waals surface area contributed by atoms with Crippen LogP contribution < -0.4 is 5.32 Å². The number of hydrogen-bond donors (Lipinski definition) is 2. The number of rotatable bonds is 4. The Bertz CT molecular complexity index is 390. The van der Waals surface area contributed by atoms with Crippen molar-refractivity contribution in [3.05, 3.63) is 24.3 Å². The van der Waals surface area contributed by atoms with Gasteiger partial charge in [0.1, 0.15) is 0 Å². The van der Waals surface area contributed by atoms with Gasteiger partial charge in [0.2, 0.25) is 5.91 Å². The van der Waals surface area contributed by atoms with E-state index in [1.165, 1.54) is 44.7 Å². The number of anilines is 1. The van der Waals surface area contributed by atoms with Gasteiger partial charge in [0.25, 0.3) is 0 Å². The highest BCUT2D eigenvalue weighted by Crippen LogP contribution is 2.11. The predicted octanol–water partition coefficient (Wildman–Crippen LogP) is 5.86. The normalized spacial score (nSPS) is 9.74. The zero-order valence-electron chi connectivity index (χ0n) is 15.8. The monoisotopic (exact) mass is 345 g/mol. The Morgan fingerprint density at radius 2 is 1.43 bits per heavy atom.